The SMILES string of the molecule is COc1ccc(-c2ccc(N3CCCN(C(=O)CN(Cc4ccco4)C(=O)CC(C)C)CC3)nn2)cc1OC. The van der Waals surface area contributed by atoms with Gasteiger partial charge in [0.2, 0.25) is 11.8 Å². The lowest BCUT2D eigenvalue weighted by Crippen LogP contribution is -2.44. The van der Waals surface area contributed by atoms with Gasteiger partial charge in [-0.05, 0) is 54.8 Å². The molecule has 0 atom stereocenters. The van der Waals surface area contributed by atoms with Crippen LogP contribution < -0.4 is 14.4 Å². The van der Waals surface area contributed by atoms with Gasteiger partial charge in [-0.25, -0.2) is 0 Å². The Morgan fingerprint density at radius 3 is 2.49 bits per heavy atom. The Kier molecular flexibility index (Phi) is 9.40. The molecule has 3 heterocycles. The Morgan fingerprint density at radius 1 is 1.00 bits per heavy atom. The molecule has 39 heavy (non-hydrogen) atoms. The summed E-state index contributed by atoms with van der Waals surface area (Å²) in [5, 5.41) is 8.90. The number of carbonyl (C=O) groups is 2. The van der Waals surface area contributed by atoms with Gasteiger partial charge in [0, 0.05) is 38.2 Å². The lowest BCUT2D eigenvalue weighted by molar-refractivity contribution is -0.141. The first-order valence-corrected chi connectivity index (χ1v) is 13.3. The van der Waals surface area contributed by atoms with Gasteiger partial charge >= 0.3 is 0 Å². The van der Waals surface area contributed by atoms with Crippen LogP contribution in [0, 0.1) is 5.92 Å². The summed E-state index contributed by atoms with van der Waals surface area (Å²) in [7, 11) is 3.20. The molecule has 0 radical (unpaired) electrons. The fourth-order valence-electron chi connectivity index (χ4n) is 4.60. The van der Waals surface area contributed by atoms with Crippen LogP contribution in [0.4, 0.5) is 5.82 Å². The summed E-state index contributed by atoms with van der Waals surface area (Å²) in [6.45, 7) is 6.88. The molecule has 0 spiro atoms. The zero-order valence-corrected chi connectivity index (χ0v) is 23.1. The van der Waals surface area contributed by atoms with Gasteiger partial charge in [-0.3, -0.25) is 9.59 Å². The minimum absolute atomic E-state index is 0.0338. The Bertz CT molecular complexity index is 1230. The van der Waals surface area contributed by atoms with Crippen LogP contribution in [0.25, 0.3) is 11.3 Å². The zero-order valence-electron chi connectivity index (χ0n) is 23.1. The molecule has 10 heteroatoms. The monoisotopic (exact) mass is 535 g/mol. The summed E-state index contributed by atoms with van der Waals surface area (Å²) >= 11 is 0. The molecular weight excluding hydrogens is 498 g/mol. The van der Waals surface area contributed by atoms with E-state index in [1.54, 1.807) is 31.4 Å². The van der Waals surface area contributed by atoms with Gasteiger partial charge < -0.3 is 28.6 Å². The fraction of sp³-hybridized carbons (Fsp3) is 0.448. The van der Waals surface area contributed by atoms with Crippen molar-refractivity contribution in [2.45, 2.75) is 33.2 Å². The van der Waals surface area contributed by atoms with Crippen molar-refractivity contribution in [1.82, 2.24) is 20.0 Å². The Balaban J connectivity index is 1.38. The van der Waals surface area contributed by atoms with E-state index in [0.717, 1.165) is 30.0 Å². The summed E-state index contributed by atoms with van der Waals surface area (Å²) in [6, 6.07) is 13.1. The third-order valence-electron chi connectivity index (χ3n) is 6.69. The van der Waals surface area contributed by atoms with E-state index in [2.05, 4.69) is 15.1 Å². The molecule has 1 aliphatic rings. The maximum atomic E-state index is 13.3. The van der Waals surface area contributed by atoms with E-state index in [4.69, 9.17) is 13.9 Å². The van der Waals surface area contributed by atoms with E-state index in [1.165, 1.54) is 0 Å². The molecule has 0 unspecified atom stereocenters. The van der Waals surface area contributed by atoms with E-state index in [9.17, 15) is 9.59 Å². The van der Waals surface area contributed by atoms with Gasteiger partial charge in [-0.2, -0.15) is 0 Å². The van der Waals surface area contributed by atoms with Crippen molar-refractivity contribution in [2.24, 2.45) is 5.92 Å². The van der Waals surface area contributed by atoms with E-state index in [-0.39, 0.29) is 30.8 Å². The third-order valence-corrected chi connectivity index (χ3v) is 6.69. The Labute approximate surface area is 229 Å². The van der Waals surface area contributed by atoms with Gasteiger partial charge in [-0.1, -0.05) is 13.8 Å². The first-order chi connectivity index (χ1) is 18.9. The highest BCUT2D eigenvalue weighted by Gasteiger charge is 2.25. The summed E-state index contributed by atoms with van der Waals surface area (Å²) in [6.07, 6.45) is 2.76. The van der Waals surface area contributed by atoms with Gasteiger partial charge in [0.15, 0.2) is 17.3 Å². The molecule has 3 aromatic rings. The number of amides is 2. The predicted molar refractivity (Wildman–Crippen MR) is 148 cm³/mol. The third kappa shape index (κ3) is 7.28. The Morgan fingerprint density at radius 2 is 1.82 bits per heavy atom. The number of furan rings is 1. The molecule has 1 aliphatic heterocycles. The zero-order chi connectivity index (χ0) is 27.8. The lowest BCUT2D eigenvalue weighted by atomic mass is 10.1. The topological polar surface area (TPSA) is 101 Å². The normalized spacial score (nSPS) is 13.8. The van der Waals surface area contributed by atoms with Crippen molar-refractivity contribution in [1.29, 1.82) is 0 Å². The Hall–Kier alpha value is -4.08. The number of anilines is 1. The number of hydrogen-bond acceptors (Lipinski definition) is 8. The molecule has 208 valence electrons. The number of ether oxygens (including phenoxy) is 2. The van der Waals surface area contributed by atoms with Crippen molar-refractivity contribution >= 4 is 17.6 Å². The van der Waals surface area contributed by atoms with Crippen LogP contribution in [-0.4, -0.2) is 78.8 Å². The van der Waals surface area contributed by atoms with Crippen molar-refractivity contribution in [2.75, 3.05) is 51.8 Å². The fourth-order valence-corrected chi connectivity index (χ4v) is 4.60. The average Bonchev–Trinajstić information content (AvgIpc) is 3.33. The maximum absolute atomic E-state index is 13.3. The molecule has 2 amide bonds. The lowest BCUT2D eigenvalue weighted by Gasteiger charge is -2.27. The molecule has 1 fully saturated rings. The highest BCUT2D eigenvalue weighted by Crippen LogP contribution is 2.31. The second-order valence-corrected chi connectivity index (χ2v) is 10.00. The molecule has 1 aromatic carbocycles. The second kappa shape index (κ2) is 13.1. The molecule has 0 saturated carbocycles. The minimum Gasteiger partial charge on any atom is -0.493 e. The predicted octanol–water partition coefficient (Wildman–Crippen LogP) is 3.87. The van der Waals surface area contributed by atoms with Crippen LogP contribution in [0.3, 0.4) is 0 Å². The summed E-state index contributed by atoms with van der Waals surface area (Å²) in [5.41, 5.74) is 1.61. The molecule has 2 aromatic heterocycles. The number of methoxy groups -OCH3 is 2. The number of rotatable bonds is 10. The van der Waals surface area contributed by atoms with Crippen molar-refractivity contribution in [3.63, 3.8) is 0 Å². The molecule has 10 nitrogen and oxygen atoms in total. The number of hydrogen-bond donors (Lipinski definition) is 0. The van der Waals surface area contributed by atoms with Crippen LogP contribution >= 0.6 is 0 Å². The van der Waals surface area contributed by atoms with E-state index in [1.807, 2.05) is 55.1 Å². The number of aromatic nitrogens is 2. The first-order valence-electron chi connectivity index (χ1n) is 13.3. The van der Waals surface area contributed by atoms with Gasteiger partial charge in [0.05, 0.1) is 32.7 Å². The van der Waals surface area contributed by atoms with E-state index in [0.29, 0.717) is 43.3 Å². The number of benzene rings is 1. The molecule has 0 bridgehead atoms. The number of nitrogens with zero attached hydrogens (tertiary/aromatic N) is 5. The highest BCUT2D eigenvalue weighted by atomic mass is 16.5. The summed E-state index contributed by atoms with van der Waals surface area (Å²) < 4.78 is 16.2. The molecule has 4 rings (SSSR count). The van der Waals surface area contributed by atoms with Crippen LogP contribution in [0.2, 0.25) is 0 Å². The standard InChI is InChI=1S/C29H37N5O5/c1-21(2)17-28(35)34(19-23-7-5-16-39-23)20-29(36)33-13-6-12-32(14-15-33)27-11-9-24(30-31-27)22-8-10-25(37-3)26(18-22)38-4/h5,7-11,16,18,21H,6,12-15,17,19-20H2,1-4H3. The van der Waals surface area contributed by atoms with Crippen molar-refractivity contribution in [3.8, 4) is 22.8 Å². The van der Waals surface area contributed by atoms with Crippen LogP contribution in [0.15, 0.2) is 53.1 Å². The molecule has 0 aliphatic carbocycles. The van der Waals surface area contributed by atoms with E-state index >= 15 is 0 Å². The average molecular weight is 536 g/mol. The molecule has 0 N–H and O–H groups in total. The number of carbonyl (C=O) groups excluding carboxylic acids is 2. The van der Waals surface area contributed by atoms with Crippen LogP contribution in [0.5, 0.6) is 11.5 Å². The van der Waals surface area contributed by atoms with Crippen LogP contribution in [0.1, 0.15) is 32.4 Å². The van der Waals surface area contributed by atoms with Crippen LogP contribution in [-0.2, 0) is 16.1 Å². The second-order valence-electron chi connectivity index (χ2n) is 10.00. The maximum Gasteiger partial charge on any atom is 0.242 e. The summed E-state index contributed by atoms with van der Waals surface area (Å²) in [5.74, 6) is 2.82. The van der Waals surface area contributed by atoms with Gasteiger partial charge in [0.25, 0.3) is 0 Å². The van der Waals surface area contributed by atoms with Crippen molar-refractivity contribution in [3.05, 3.63) is 54.5 Å². The highest BCUT2D eigenvalue weighted by molar-refractivity contribution is 5.85. The largest absolute Gasteiger partial charge is 0.493 e. The molecular formula is C29H37N5O5. The first kappa shape index (κ1) is 27.9. The smallest absolute Gasteiger partial charge is 0.242 e. The van der Waals surface area contributed by atoms with Gasteiger partial charge in [-0.15, -0.1) is 10.2 Å². The molecule has 1 saturated heterocycles. The minimum atomic E-state index is -0.0598. The quantitative estimate of drug-likeness (QED) is 0.386. The van der Waals surface area contributed by atoms with Crippen molar-refractivity contribution < 1.29 is 23.5 Å². The van der Waals surface area contributed by atoms with E-state index < -0.39 is 0 Å². The summed E-state index contributed by atoms with van der Waals surface area (Å²) in [4.78, 5) is 31.7. The van der Waals surface area contributed by atoms with Gasteiger partial charge in [0.1, 0.15) is 12.3 Å².